The van der Waals surface area contributed by atoms with Gasteiger partial charge >= 0.3 is 19.8 Å². The zero-order valence-electron chi connectivity index (χ0n) is 47.9. The lowest BCUT2D eigenvalue weighted by atomic mass is 10.0. The minimum Gasteiger partial charge on any atom is -0.462 e. The minimum absolute atomic E-state index is 0.0549. The first-order valence-corrected chi connectivity index (χ1v) is 32.6. The smallest absolute Gasteiger partial charge is 0.462 e. The number of hydrogen-bond donors (Lipinski definition) is 2. The lowest BCUT2D eigenvalue weighted by Crippen LogP contribution is -2.29. The van der Waals surface area contributed by atoms with Gasteiger partial charge in [-0.2, -0.15) is 0 Å². The number of allylic oxidation sites excluding steroid dienone is 8. The summed E-state index contributed by atoms with van der Waals surface area (Å²) >= 11 is 0. The number of phosphoric acid groups is 1. The Hall–Kier alpha value is -2.03. The molecule has 0 aromatic rings. The molecule has 0 saturated heterocycles. The van der Waals surface area contributed by atoms with Gasteiger partial charge in [0.25, 0.3) is 0 Å². The van der Waals surface area contributed by atoms with Crippen LogP contribution in [0.25, 0.3) is 0 Å². The third-order valence-electron chi connectivity index (χ3n) is 13.7. The van der Waals surface area contributed by atoms with Crippen LogP contribution in [-0.2, 0) is 32.7 Å². The maximum Gasteiger partial charge on any atom is 0.472 e. The van der Waals surface area contributed by atoms with Crippen LogP contribution in [-0.4, -0.2) is 49.3 Å². The summed E-state index contributed by atoms with van der Waals surface area (Å²) in [6.45, 7) is 3.69. The van der Waals surface area contributed by atoms with Gasteiger partial charge in [-0.1, -0.05) is 294 Å². The van der Waals surface area contributed by atoms with Crippen molar-refractivity contribution in [1.82, 2.24) is 0 Å². The van der Waals surface area contributed by atoms with Crippen molar-refractivity contribution in [3.63, 3.8) is 0 Å². The maximum absolute atomic E-state index is 12.7. The molecule has 0 aliphatic heterocycles. The molecule has 73 heavy (non-hydrogen) atoms. The number of phosphoric ester groups is 1. The van der Waals surface area contributed by atoms with E-state index in [-0.39, 0.29) is 38.6 Å². The van der Waals surface area contributed by atoms with Gasteiger partial charge in [0.2, 0.25) is 0 Å². The Balaban J connectivity index is 3.89. The van der Waals surface area contributed by atoms with Gasteiger partial charge in [-0.25, -0.2) is 4.57 Å². The molecule has 0 saturated carbocycles. The third-order valence-corrected chi connectivity index (χ3v) is 14.7. The first-order valence-electron chi connectivity index (χ1n) is 31.1. The molecule has 3 N–H and O–H groups in total. The Morgan fingerprint density at radius 2 is 0.753 bits per heavy atom. The second-order valence-corrected chi connectivity index (χ2v) is 22.4. The van der Waals surface area contributed by atoms with Gasteiger partial charge in [0.15, 0.2) is 6.10 Å². The zero-order chi connectivity index (χ0) is 53.1. The van der Waals surface area contributed by atoms with Gasteiger partial charge in [-0.15, -0.1) is 0 Å². The van der Waals surface area contributed by atoms with Crippen molar-refractivity contribution in [2.75, 3.05) is 26.4 Å². The Morgan fingerprint density at radius 3 is 1.12 bits per heavy atom. The van der Waals surface area contributed by atoms with Crippen molar-refractivity contribution in [3.8, 4) is 0 Å². The highest BCUT2D eigenvalue weighted by Crippen LogP contribution is 2.43. The molecule has 0 rings (SSSR count). The maximum atomic E-state index is 12.7. The highest BCUT2D eigenvalue weighted by molar-refractivity contribution is 7.47. The number of unbranched alkanes of at least 4 members (excludes halogenated alkanes) is 38. The van der Waals surface area contributed by atoms with Crippen molar-refractivity contribution in [1.29, 1.82) is 0 Å². The van der Waals surface area contributed by atoms with Gasteiger partial charge in [0, 0.05) is 19.4 Å². The van der Waals surface area contributed by atoms with E-state index in [1.807, 2.05) is 0 Å². The second kappa shape index (κ2) is 59.2. The average Bonchev–Trinajstić information content (AvgIpc) is 3.38. The van der Waals surface area contributed by atoms with E-state index in [1.165, 1.54) is 212 Å². The Labute approximate surface area is 451 Å². The zero-order valence-corrected chi connectivity index (χ0v) is 48.8. The number of esters is 2. The molecule has 2 unspecified atom stereocenters. The van der Waals surface area contributed by atoms with Gasteiger partial charge in [-0.3, -0.25) is 18.6 Å². The van der Waals surface area contributed by atoms with Crippen LogP contribution in [0.4, 0.5) is 0 Å². The highest BCUT2D eigenvalue weighted by atomic mass is 31.2. The van der Waals surface area contributed by atoms with Crippen LogP contribution < -0.4 is 5.73 Å². The first-order chi connectivity index (χ1) is 35.8. The summed E-state index contributed by atoms with van der Waals surface area (Å²) in [5.74, 6) is -0.810. The monoisotopic (exact) mass is 1050 g/mol. The molecule has 9 nitrogen and oxygen atoms in total. The van der Waals surface area contributed by atoms with Crippen LogP contribution in [0, 0.1) is 0 Å². The van der Waals surface area contributed by atoms with Gasteiger partial charge in [0.1, 0.15) is 6.61 Å². The summed E-state index contributed by atoms with van der Waals surface area (Å²) in [5, 5.41) is 0. The molecule has 0 spiro atoms. The van der Waals surface area contributed by atoms with Crippen LogP contribution in [0.15, 0.2) is 48.6 Å². The molecule has 0 bridgehead atoms. The number of carbonyl (C=O) groups excluding carboxylic acids is 2. The molecule has 0 radical (unpaired) electrons. The molecule has 0 fully saturated rings. The van der Waals surface area contributed by atoms with Crippen LogP contribution in [0.5, 0.6) is 0 Å². The molecule has 0 heterocycles. The lowest BCUT2D eigenvalue weighted by molar-refractivity contribution is -0.161. The molecule has 10 heteroatoms. The Morgan fingerprint density at radius 1 is 0.425 bits per heavy atom. The predicted molar refractivity (Wildman–Crippen MR) is 312 cm³/mol. The van der Waals surface area contributed by atoms with Crippen molar-refractivity contribution in [3.05, 3.63) is 48.6 Å². The molecule has 428 valence electrons. The standard InChI is InChI=1S/C63H118NO8P/c1-3-5-7-9-11-13-15-17-19-21-23-25-27-28-29-30-31-32-34-36-38-40-42-44-46-48-50-52-54-56-63(66)72-61(60-71-73(67,68)70-58-57-64)59-69-62(65)55-53-51-49-47-45-43-41-39-37-35-33-26-24-22-20-18-16-14-12-10-8-6-4-2/h5,7,11,13,17,19,23,25,61H,3-4,6,8-10,12,14-16,18,20-22,24,26-60,64H2,1-2H3,(H,67,68)/b7-5-,13-11-,19-17-,25-23-. The normalized spacial score (nSPS) is 13.3. The van der Waals surface area contributed by atoms with E-state index in [2.05, 4.69) is 62.5 Å². The van der Waals surface area contributed by atoms with E-state index >= 15 is 0 Å². The van der Waals surface area contributed by atoms with E-state index in [0.29, 0.717) is 6.42 Å². The Kier molecular flexibility index (Phi) is 57.6. The van der Waals surface area contributed by atoms with Crippen LogP contribution in [0.3, 0.4) is 0 Å². The van der Waals surface area contributed by atoms with Crippen LogP contribution in [0.2, 0.25) is 0 Å². The first kappa shape index (κ1) is 71.0. The van der Waals surface area contributed by atoms with E-state index < -0.39 is 26.5 Å². The summed E-state index contributed by atoms with van der Waals surface area (Å²) in [5.41, 5.74) is 5.39. The topological polar surface area (TPSA) is 134 Å². The number of ether oxygens (including phenoxy) is 2. The summed E-state index contributed by atoms with van der Waals surface area (Å²) in [6.07, 6.45) is 73.2. The van der Waals surface area contributed by atoms with Crippen molar-refractivity contribution < 1.29 is 37.6 Å². The third kappa shape index (κ3) is 59.1. The lowest BCUT2D eigenvalue weighted by Gasteiger charge is -2.19. The molecule has 0 aliphatic rings. The predicted octanol–water partition coefficient (Wildman–Crippen LogP) is 19.7. The van der Waals surface area contributed by atoms with E-state index in [0.717, 1.165) is 64.2 Å². The minimum atomic E-state index is -4.39. The summed E-state index contributed by atoms with van der Waals surface area (Å²) in [6, 6.07) is 0. The van der Waals surface area contributed by atoms with Crippen molar-refractivity contribution >= 4 is 19.8 Å². The molecule has 0 aliphatic carbocycles. The van der Waals surface area contributed by atoms with E-state index in [4.69, 9.17) is 24.3 Å². The summed E-state index contributed by atoms with van der Waals surface area (Å²) in [4.78, 5) is 35.3. The summed E-state index contributed by atoms with van der Waals surface area (Å²) in [7, 11) is -4.39. The fourth-order valence-electron chi connectivity index (χ4n) is 9.16. The summed E-state index contributed by atoms with van der Waals surface area (Å²) < 4.78 is 33.1. The molecular formula is C63H118NO8P. The number of carbonyl (C=O) groups is 2. The van der Waals surface area contributed by atoms with E-state index in [1.54, 1.807) is 0 Å². The molecule has 0 aromatic carbocycles. The van der Waals surface area contributed by atoms with E-state index in [9.17, 15) is 19.0 Å². The van der Waals surface area contributed by atoms with Gasteiger partial charge in [0.05, 0.1) is 13.2 Å². The van der Waals surface area contributed by atoms with Gasteiger partial charge in [-0.05, 0) is 51.4 Å². The quantitative estimate of drug-likeness (QED) is 0.0264. The number of rotatable bonds is 59. The van der Waals surface area contributed by atoms with Crippen molar-refractivity contribution in [2.45, 2.75) is 315 Å². The molecule has 0 aromatic heterocycles. The SMILES string of the molecule is CC/C=C\C/C=C\C/C=C\C/C=C\CCCCCCCCCCCCCCCCCCC(=O)OC(COC(=O)CCCCCCCCCCCCCCCCCCCCCCCCC)COP(=O)(O)OCCN. The fourth-order valence-corrected chi connectivity index (χ4v) is 9.93. The fraction of sp³-hybridized carbons (Fsp3) is 0.841. The van der Waals surface area contributed by atoms with Crippen LogP contribution in [0.1, 0.15) is 309 Å². The van der Waals surface area contributed by atoms with Gasteiger partial charge < -0.3 is 20.1 Å². The largest absolute Gasteiger partial charge is 0.472 e. The molecule has 0 amide bonds. The Bertz CT molecular complexity index is 1330. The average molecular weight is 1050 g/mol. The highest BCUT2D eigenvalue weighted by Gasteiger charge is 2.26. The van der Waals surface area contributed by atoms with Crippen LogP contribution >= 0.6 is 7.82 Å². The van der Waals surface area contributed by atoms with Crippen molar-refractivity contribution in [2.24, 2.45) is 5.73 Å². The number of hydrogen-bond acceptors (Lipinski definition) is 8. The molecule has 2 atom stereocenters. The second-order valence-electron chi connectivity index (χ2n) is 20.9. The number of nitrogens with two attached hydrogens (primary N) is 1. The molecular weight excluding hydrogens is 930 g/mol.